The van der Waals surface area contributed by atoms with Crippen LogP contribution in [0.1, 0.15) is 17.0 Å². The second kappa shape index (κ2) is 4.07. The van der Waals surface area contributed by atoms with Gasteiger partial charge in [0.15, 0.2) is 0 Å². The molecule has 14 heavy (non-hydrogen) atoms. The van der Waals surface area contributed by atoms with Crippen LogP contribution in [0.4, 0.5) is 0 Å². The van der Waals surface area contributed by atoms with Crippen molar-refractivity contribution < 1.29 is 5.11 Å². The van der Waals surface area contributed by atoms with Crippen LogP contribution in [0.5, 0.6) is 0 Å². The van der Waals surface area contributed by atoms with E-state index in [1.165, 1.54) is 10.3 Å². The molecule has 1 N–H and O–H groups in total. The van der Waals surface area contributed by atoms with Crippen molar-refractivity contribution in [1.82, 2.24) is 4.98 Å². The summed E-state index contributed by atoms with van der Waals surface area (Å²) in [4.78, 5) is 4.44. The molecule has 2 aromatic rings. The van der Waals surface area contributed by atoms with E-state index in [-0.39, 0.29) is 6.61 Å². The molecule has 2 rings (SSSR count). The van der Waals surface area contributed by atoms with Crippen LogP contribution in [0, 0.1) is 6.92 Å². The van der Waals surface area contributed by atoms with Gasteiger partial charge in [-0.05, 0) is 37.5 Å². The number of nitrogens with zero attached hydrogens (tertiary/aromatic N) is 1. The van der Waals surface area contributed by atoms with Gasteiger partial charge in [-0.2, -0.15) is 0 Å². The molecule has 0 fully saturated rings. The number of rotatable bonds is 3. The molecule has 0 unspecified atom stereocenters. The summed E-state index contributed by atoms with van der Waals surface area (Å²) in [6.07, 6.45) is 1.76. The topological polar surface area (TPSA) is 33.1 Å². The molecular weight excluding hydrogens is 194 g/mol. The van der Waals surface area contributed by atoms with Crippen molar-refractivity contribution in [2.45, 2.75) is 19.8 Å². The van der Waals surface area contributed by atoms with E-state index in [9.17, 15) is 0 Å². The summed E-state index contributed by atoms with van der Waals surface area (Å²) in [5.41, 5.74) is 2.35. The van der Waals surface area contributed by atoms with E-state index in [2.05, 4.69) is 23.2 Å². The first-order chi connectivity index (χ1) is 6.79. The quantitative estimate of drug-likeness (QED) is 0.839. The van der Waals surface area contributed by atoms with Gasteiger partial charge in [0, 0.05) is 6.61 Å². The smallest absolute Gasteiger partial charge is 0.0907 e. The largest absolute Gasteiger partial charge is 0.396 e. The average Bonchev–Trinajstić information content (AvgIpc) is 2.54. The Morgan fingerprint density at radius 1 is 1.43 bits per heavy atom. The lowest BCUT2D eigenvalue weighted by Gasteiger charge is -1.98. The molecule has 74 valence electrons. The molecule has 0 bridgehead atoms. The van der Waals surface area contributed by atoms with Gasteiger partial charge in [0.05, 0.1) is 15.2 Å². The number of thiazole rings is 1. The maximum atomic E-state index is 8.73. The van der Waals surface area contributed by atoms with E-state index in [0.717, 1.165) is 23.4 Å². The van der Waals surface area contributed by atoms with Crippen LogP contribution < -0.4 is 0 Å². The third kappa shape index (κ3) is 1.94. The highest BCUT2D eigenvalue weighted by Gasteiger charge is 2.01. The van der Waals surface area contributed by atoms with Crippen molar-refractivity contribution >= 4 is 21.6 Å². The molecule has 1 aromatic carbocycles. The van der Waals surface area contributed by atoms with E-state index in [1.807, 2.05) is 6.92 Å². The van der Waals surface area contributed by atoms with Crippen LogP contribution in [-0.2, 0) is 6.42 Å². The van der Waals surface area contributed by atoms with Gasteiger partial charge in [-0.1, -0.05) is 6.07 Å². The fourth-order valence-electron chi connectivity index (χ4n) is 1.53. The molecule has 3 heteroatoms. The number of aryl methyl sites for hydroxylation is 2. The minimum absolute atomic E-state index is 0.258. The summed E-state index contributed by atoms with van der Waals surface area (Å²) in [6.45, 7) is 2.28. The highest BCUT2D eigenvalue weighted by atomic mass is 32.1. The molecule has 0 saturated heterocycles. The van der Waals surface area contributed by atoms with Crippen LogP contribution in [0.25, 0.3) is 10.2 Å². The second-order valence-corrected chi connectivity index (χ2v) is 4.60. The highest BCUT2D eigenvalue weighted by molar-refractivity contribution is 7.18. The van der Waals surface area contributed by atoms with Crippen LogP contribution in [0.3, 0.4) is 0 Å². The molecular formula is C11H13NOS. The van der Waals surface area contributed by atoms with Gasteiger partial charge in [-0.15, -0.1) is 11.3 Å². The summed E-state index contributed by atoms with van der Waals surface area (Å²) < 4.78 is 1.25. The number of aromatic nitrogens is 1. The lowest BCUT2D eigenvalue weighted by molar-refractivity contribution is 0.288. The van der Waals surface area contributed by atoms with Crippen LogP contribution in [0.2, 0.25) is 0 Å². The van der Waals surface area contributed by atoms with Gasteiger partial charge in [-0.3, -0.25) is 0 Å². The first-order valence-corrected chi connectivity index (χ1v) is 5.58. The Morgan fingerprint density at radius 2 is 2.29 bits per heavy atom. The summed E-state index contributed by atoms with van der Waals surface area (Å²) in [7, 11) is 0. The van der Waals surface area contributed by atoms with Crippen molar-refractivity contribution in [3.05, 3.63) is 28.8 Å². The Bertz CT molecular complexity index is 436. The van der Waals surface area contributed by atoms with E-state index in [4.69, 9.17) is 5.11 Å². The summed E-state index contributed by atoms with van der Waals surface area (Å²) in [5, 5.41) is 9.84. The van der Waals surface area contributed by atoms with Crippen molar-refractivity contribution in [3.63, 3.8) is 0 Å². The average molecular weight is 207 g/mol. The minimum Gasteiger partial charge on any atom is -0.396 e. The van der Waals surface area contributed by atoms with Gasteiger partial charge in [0.1, 0.15) is 0 Å². The Labute approximate surface area is 87.2 Å². The van der Waals surface area contributed by atoms with E-state index in [1.54, 1.807) is 11.3 Å². The fraction of sp³-hybridized carbons (Fsp3) is 0.364. The van der Waals surface area contributed by atoms with Gasteiger partial charge >= 0.3 is 0 Å². The first-order valence-electron chi connectivity index (χ1n) is 4.76. The second-order valence-electron chi connectivity index (χ2n) is 3.36. The molecule has 0 spiro atoms. The van der Waals surface area contributed by atoms with Gasteiger partial charge in [0.2, 0.25) is 0 Å². The Kier molecular flexibility index (Phi) is 2.79. The summed E-state index contributed by atoms with van der Waals surface area (Å²) >= 11 is 1.72. The predicted molar refractivity (Wildman–Crippen MR) is 59.8 cm³/mol. The number of hydrogen-bond acceptors (Lipinski definition) is 3. The molecule has 1 aromatic heterocycles. The van der Waals surface area contributed by atoms with Crippen LogP contribution in [0.15, 0.2) is 18.2 Å². The lowest BCUT2D eigenvalue weighted by atomic mass is 10.1. The SMILES string of the molecule is Cc1nc2cc(CCCO)ccc2s1. The van der Waals surface area contributed by atoms with Crippen molar-refractivity contribution in [1.29, 1.82) is 0 Å². The number of fused-ring (bicyclic) bond motifs is 1. The molecule has 2 nitrogen and oxygen atoms in total. The van der Waals surface area contributed by atoms with E-state index < -0.39 is 0 Å². The molecule has 1 heterocycles. The van der Waals surface area contributed by atoms with Crippen molar-refractivity contribution in [3.8, 4) is 0 Å². The zero-order chi connectivity index (χ0) is 9.97. The number of aliphatic hydroxyl groups excluding tert-OH is 1. The van der Waals surface area contributed by atoms with Gasteiger partial charge in [-0.25, -0.2) is 4.98 Å². The molecule has 0 saturated carbocycles. The van der Waals surface area contributed by atoms with Crippen LogP contribution in [-0.4, -0.2) is 16.7 Å². The maximum absolute atomic E-state index is 8.73. The standard InChI is InChI=1S/C11H13NOS/c1-8-12-10-7-9(3-2-6-13)4-5-11(10)14-8/h4-5,7,13H,2-3,6H2,1H3. The molecule has 0 aliphatic carbocycles. The van der Waals surface area contributed by atoms with E-state index in [0.29, 0.717) is 0 Å². The lowest BCUT2D eigenvalue weighted by Crippen LogP contribution is -1.88. The maximum Gasteiger partial charge on any atom is 0.0907 e. The molecule has 0 radical (unpaired) electrons. The number of hydrogen-bond donors (Lipinski definition) is 1. The van der Waals surface area contributed by atoms with E-state index >= 15 is 0 Å². The summed E-state index contributed by atoms with van der Waals surface area (Å²) in [5.74, 6) is 0. The summed E-state index contributed by atoms with van der Waals surface area (Å²) in [6, 6.07) is 6.36. The monoisotopic (exact) mass is 207 g/mol. The number of aliphatic hydroxyl groups is 1. The minimum atomic E-state index is 0.258. The third-order valence-corrected chi connectivity index (χ3v) is 3.13. The predicted octanol–water partition coefficient (Wildman–Crippen LogP) is 2.53. The van der Waals surface area contributed by atoms with Gasteiger partial charge in [0.25, 0.3) is 0 Å². The highest BCUT2D eigenvalue weighted by Crippen LogP contribution is 2.22. The Balaban J connectivity index is 2.31. The van der Waals surface area contributed by atoms with Crippen LogP contribution >= 0.6 is 11.3 Å². The van der Waals surface area contributed by atoms with Crippen molar-refractivity contribution in [2.75, 3.05) is 6.61 Å². The first kappa shape index (κ1) is 9.62. The molecule has 0 aliphatic rings. The fourth-order valence-corrected chi connectivity index (χ4v) is 2.33. The Morgan fingerprint density at radius 3 is 3.07 bits per heavy atom. The molecule has 0 aliphatic heterocycles. The zero-order valence-corrected chi connectivity index (χ0v) is 8.97. The normalized spacial score (nSPS) is 11.0. The van der Waals surface area contributed by atoms with Crippen molar-refractivity contribution in [2.24, 2.45) is 0 Å². The zero-order valence-electron chi connectivity index (χ0n) is 8.16. The number of benzene rings is 1. The molecule has 0 atom stereocenters. The molecule has 0 amide bonds. The van der Waals surface area contributed by atoms with Gasteiger partial charge < -0.3 is 5.11 Å². The Hall–Kier alpha value is -0.930. The third-order valence-electron chi connectivity index (χ3n) is 2.18.